The highest BCUT2D eigenvalue weighted by molar-refractivity contribution is 5.76. The maximum atomic E-state index is 13.3. The van der Waals surface area contributed by atoms with Gasteiger partial charge in [0.1, 0.15) is 140 Å². The minimum Gasteiger partial charge on any atom is -0.477 e. The second kappa shape index (κ2) is 52.0. The van der Waals surface area contributed by atoms with Gasteiger partial charge in [-0.3, -0.25) is 4.79 Å². The Bertz CT molecular complexity index is 2510. The number of amides is 1. The van der Waals surface area contributed by atoms with Crippen LogP contribution in [0.3, 0.4) is 0 Å². The predicted molar refractivity (Wildman–Crippen MR) is 391 cm³/mol. The molecule has 6 heterocycles. The molecule has 0 aromatic heterocycles. The zero-order valence-corrected chi connectivity index (χ0v) is 65.8. The number of hydrogen-bond acceptors (Lipinski definition) is 34. The monoisotopic (exact) mass is 1630 g/mol. The lowest BCUT2D eigenvalue weighted by molar-refractivity contribution is -0.408. The minimum absolute atomic E-state index is 0.145. The van der Waals surface area contributed by atoms with Crippen LogP contribution < -0.4 is 5.32 Å². The van der Waals surface area contributed by atoms with E-state index in [1.165, 1.54) is 135 Å². The first-order chi connectivity index (χ1) is 53.8. The Morgan fingerprint density at radius 2 is 0.839 bits per heavy atom. The molecular weight excluding hydrogens is 1490 g/mol. The third-order valence-electron chi connectivity index (χ3n) is 22.0. The predicted octanol–water partition coefficient (Wildman–Crippen LogP) is -1.33. The Morgan fingerprint density at radius 1 is 0.438 bits per heavy atom. The molecule has 0 aromatic rings. The van der Waals surface area contributed by atoms with Crippen LogP contribution >= 0.6 is 0 Å². The lowest BCUT2D eigenvalue weighted by Crippen LogP contribution is -2.71. The van der Waals surface area contributed by atoms with Crippen molar-refractivity contribution in [2.45, 2.75) is 410 Å². The highest BCUT2D eigenvalue weighted by Crippen LogP contribution is 2.41. The van der Waals surface area contributed by atoms with Crippen molar-refractivity contribution >= 4 is 11.9 Å². The number of carboxylic acid groups (broad SMARTS) is 1. The van der Waals surface area contributed by atoms with Crippen molar-refractivity contribution in [2.24, 2.45) is 0 Å². The van der Waals surface area contributed by atoms with E-state index in [9.17, 15) is 107 Å². The summed E-state index contributed by atoms with van der Waals surface area (Å²) in [5.74, 6) is -6.18. The van der Waals surface area contributed by atoms with E-state index in [2.05, 4.69) is 19.2 Å². The zero-order valence-electron chi connectivity index (χ0n) is 65.8. The van der Waals surface area contributed by atoms with Crippen molar-refractivity contribution in [3.63, 3.8) is 0 Å². The average molecular weight is 1630 g/mol. The molecule has 0 saturated carbocycles. The summed E-state index contributed by atoms with van der Waals surface area (Å²) in [6.07, 6.45) is -27.3. The zero-order chi connectivity index (χ0) is 82.0. The van der Waals surface area contributed by atoms with Gasteiger partial charge in [-0.25, -0.2) is 4.79 Å². The largest absolute Gasteiger partial charge is 0.477 e. The molecule has 1 amide bonds. The molecule has 0 aromatic carbocycles. The number of carboxylic acids is 1. The number of ether oxygens (including phenoxy) is 14. The van der Waals surface area contributed by atoms with Gasteiger partial charge >= 0.3 is 5.97 Å². The van der Waals surface area contributed by atoms with Crippen LogP contribution in [0.25, 0.3) is 0 Å². The van der Waals surface area contributed by atoms with Crippen molar-refractivity contribution in [1.29, 1.82) is 0 Å². The smallest absolute Gasteiger partial charge is 0.364 e. The van der Waals surface area contributed by atoms with Crippen LogP contribution in [0.2, 0.25) is 0 Å². The Morgan fingerprint density at radius 3 is 1.32 bits per heavy atom. The second-order valence-corrected chi connectivity index (χ2v) is 31.0. The van der Waals surface area contributed by atoms with E-state index in [0.717, 1.165) is 58.3 Å². The van der Waals surface area contributed by atoms with Crippen LogP contribution in [0.5, 0.6) is 0 Å². The lowest BCUT2D eigenvalue weighted by Gasteiger charge is -2.52. The molecule has 36 nitrogen and oxygen atoms in total. The van der Waals surface area contributed by atoms with Crippen molar-refractivity contribution in [3.8, 4) is 0 Å². The van der Waals surface area contributed by atoms with Crippen LogP contribution in [0.4, 0.5) is 0 Å². The maximum absolute atomic E-state index is 13.3. The van der Waals surface area contributed by atoms with Gasteiger partial charge in [-0.1, -0.05) is 181 Å². The van der Waals surface area contributed by atoms with E-state index < -0.39 is 247 Å². The van der Waals surface area contributed by atoms with Gasteiger partial charge < -0.3 is 169 Å². The molecule has 0 aliphatic carbocycles. The summed E-state index contributed by atoms with van der Waals surface area (Å²) in [4.78, 5) is 25.5. The number of hydrogen-bond donors (Lipinski definition) is 20. The number of aliphatic hydroxyl groups is 18. The van der Waals surface area contributed by atoms with Gasteiger partial charge in [0, 0.05) is 26.6 Å². The van der Waals surface area contributed by atoms with Crippen LogP contribution in [0.1, 0.15) is 214 Å². The van der Waals surface area contributed by atoms with Gasteiger partial charge in [0.05, 0.1) is 64.5 Å². The molecule has 20 N–H and O–H groups in total. The Hall–Kier alpha value is -2.34. The number of carbonyl (C=O) groups is 2. The summed E-state index contributed by atoms with van der Waals surface area (Å²) in [7, 11) is 0. The quantitative estimate of drug-likeness (QED) is 0.0314. The fourth-order valence-corrected chi connectivity index (χ4v) is 15.2. The van der Waals surface area contributed by atoms with E-state index in [1.54, 1.807) is 0 Å². The molecule has 36 heteroatoms. The first kappa shape index (κ1) is 98.5. The molecule has 6 aliphatic heterocycles. The molecule has 0 unspecified atom stereocenters. The van der Waals surface area contributed by atoms with Gasteiger partial charge in [-0.2, -0.15) is 0 Å². The minimum atomic E-state index is -3.25. The van der Waals surface area contributed by atoms with E-state index in [0.29, 0.717) is 13.2 Å². The molecule has 6 rings (SSSR count). The fourth-order valence-electron chi connectivity index (χ4n) is 15.2. The summed E-state index contributed by atoms with van der Waals surface area (Å²) in [5, 5.41) is 214. The van der Waals surface area contributed by atoms with Gasteiger partial charge in [-0.05, 0) is 19.8 Å². The molecule has 0 spiro atoms. The first-order valence-electron chi connectivity index (χ1n) is 41.2. The molecule has 0 radical (unpaired) electrons. The van der Waals surface area contributed by atoms with E-state index in [1.807, 2.05) is 0 Å². The van der Waals surface area contributed by atoms with Crippen LogP contribution in [0.15, 0.2) is 0 Å². The molecule has 6 saturated heterocycles. The maximum Gasteiger partial charge on any atom is 0.364 e. The molecule has 6 fully saturated rings. The molecule has 6 aliphatic rings. The second-order valence-electron chi connectivity index (χ2n) is 31.0. The SMILES string of the molecule is CCCCCCCCCCCCCCCCOC[C@H](CO[C@@H]1O[C@H](CO)[C@@H](O[C@@H]2O[C@H](CO)[C@H](O)[C@H](O[C@@H]3O[C@H](CO)[C@@H](O[C@@H]4O[C@H](CO)[C@H](O)[C@H](O[C@]5(C(=O)O)C[C@H](O)[C@@H](NC(C)=O)[C@H]([C@H](O)[C@H](O)CO)O5)[C@H]4O)[C@H](O[C@@H]4O[C@@H](C)[C@@H](O)[C@@H](O)[C@@H]4O)[C@H]3O)[C@H]2O)[C@H](O)[C@H]1O)OCCCCCCCCCCCCCCCC. The number of unbranched alkanes of at least 4 members (excludes halogenated alkanes) is 26. The summed E-state index contributed by atoms with van der Waals surface area (Å²) < 4.78 is 83.6. The number of carbonyl (C=O) groups excluding carboxylic acids is 1. The van der Waals surface area contributed by atoms with Crippen LogP contribution in [-0.2, 0) is 75.9 Å². The lowest BCUT2D eigenvalue weighted by atomic mass is 9.88. The van der Waals surface area contributed by atoms with Crippen LogP contribution in [0, 0.1) is 0 Å². The standard InChI is InChI=1S/C76H139NO35/c1-5-7-9-11-13-15-17-19-21-23-25-27-29-31-33-99-41-45(100-34-32-30-28-26-24-22-20-18-16-14-12-10-8-6-2)42-101-70-60(93)58(91)64(50(39-81)105-70)107-72-61(94)67(55(88)48(37-79)103-72)109-74-63(96)69(110-71-59(92)57(90)53(86)43(3)102-71)65(51(40-82)106-74)108-73-62(95)68(56(89)49(38-80)104-73)112-76(75(97)98)35-46(84)52(77-44(4)83)66(111-76)54(87)47(85)36-78/h43,45-74,78-82,84-96H,5-42H2,1-4H3,(H,77,83)(H,97,98)/t43-,45+,46-,47+,48+,49+,50+,51+,52+,53+,54+,55-,56-,57+,58+,59-,60+,61+,62+,63+,64+,65+,66+,67-,68-,69+,70+,71-,72-,73-,74-,76-/m0/s1. The van der Waals surface area contributed by atoms with Gasteiger partial charge in [0.2, 0.25) is 5.91 Å². The van der Waals surface area contributed by atoms with E-state index in [-0.39, 0.29) is 13.2 Å². The third-order valence-corrected chi connectivity index (χ3v) is 22.0. The summed E-state index contributed by atoms with van der Waals surface area (Å²) in [5.41, 5.74) is 0. The summed E-state index contributed by atoms with van der Waals surface area (Å²) in [6, 6.07) is -1.69. The number of rotatable bonds is 55. The number of aliphatic hydroxyl groups excluding tert-OH is 18. The molecular formula is C76H139NO35. The van der Waals surface area contributed by atoms with Crippen molar-refractivity contribution in [3.05, 3.63) is 0 Å². The van der Waals surface area contributed by atoms with Gasteiger partial charge in [0.15, 0.2) is 31.5 Å². The van der Waals surface area contributed by atoms with Gasteiger partial charge in [-0.15, -0.1) is 0 Å². The van der Waals surface area contributed by atoms with Gasteiger partial charge in [0.25, 0.3) is 5.79 Å². The van der Waals surface area contributed by atoms with Crippen LogP contribution in [-0.4, -0.2) is 364 Å². The summed E-state index contributed by atoms with van der Waals surface area (Å²) >= 11 is 0. The molecule has 112 heavy (non-hydrogen) atoms. The normalized spacial score (nSPS) is 37.5. The Balaban J connectivity index is 1.13. The number of nitrogens with one attached hydrogen (secondary N) is 1. The highest BCUT2D eigenvalue weighted by Gasteiger charge is 2.62. The highest BCUT2D eigenvalue weighted by atomic mass is 16.8. The average Bonchev–Trinajstić information content (AvgIpc) is 0.763. The summed E-state index contributed by atoms with van der Waals surface area (Å²) in [6.45, 7) is 2.12. The third kappa shape index (κ3) is 29.2. The van der Waals surface area contributed by atoms with Crippen molar-refractivity contribution in [2.75, 3.05) is 59.5 Å². The van der Waals surface area contributed by atoms with E-state index in [4.69, 9.17) is 66.3 Å². The number of aliphatic carboxylic acids is 1. The fraction of sp³-hybridized carbons (Fsp3) is 0.974. The topological polar surface area (TPSA) is 560 Å². The Labute approximate surface area is 657 Å². The molecule has 32 atom stereocenters. The first-order valence-corrected chi connectivity index (χ1v) is 41.2. The molecule has 658 valence electrons. The Kier molecular flexibility index (Phi) is 45.7. The van der Waals surface area contributed by atoms with Crippen molar-refractivity contribution < 1.29 is 173 Å². The van der Waals surface area contributed by atoms with E-state index >= 15 is 0 Å². The van der Waals surface area contributed by atoms with Crippen molar-refractivity contribution in [1.82, 2.24) is 5.32 Å². The molecule has 0 bridgehead atoms.